The van der Waals surface area contributed by atoms with Crippen molar-refractivity contribution < 1.29 is 0 Å². The van der Waals surface area contributed by atoms with Crippen molar-refractivity contribution >= 4 is 0 Å². The first-order valence-electron chi connectivity index (χ1n) is 28.9. The SMILES string of the molecule is CC(C)C(C)(C)C(C)(C)C(C)(C)C(C)(C)C(C)(C)C(C)(C)C(C)(C)C(C)(C)C(C)(C)C(C)(C)C(C)(C)C(C)(C)C(C)(C)C(C)(C)C(C)(C)C(C)(C)C(C)(C)C(C)(C)C(C)(C)C(C)(C)C(C)(C)C(C)C. The second-order valence-corrected chi connectivity index (χ2v) is 36.6. The summed E-state index contributed by atoms with van der Waals surface area (Å²) in [5, 5.41) is 0. The Hall–Kier alpha value is 0. The Morgan fingerprint density at radius 1 is 0.116 bits per heavy atom. The van der Waals surface area contributed by atoms with E-state index in [9.17, 15) is 0 Å². The predicted molar refractivity (Wildman–Crippen MR) is 319 cm³/mol. The van der Waals surface area contributed by atoms with Crippen LogP contribution in [0.25, 0.3) is 0 Å². The molecule has 0 nitrogen and oxygen atoms in total. The van der Waals surface area contributed by atoms with Gasteiger partial charge in [0.25, 0.3) is 0 Å². The second-order valence-electron chi connectivity index (χ2n) is 36.6. The largest absolute Gasteiger partial charge is 0.0622 e. The minimum absolute atomic E-state index is 0.00989. The molecule has 0 saturated carbocycles. The van der Waals surface area contributed by atoms with Crippen molar-refractivity contribution in [3.63, 3.8) is 0 Å². The Morgan fingerprint density at radius 3 is 0.232 bits per heavy atom. The van der Waals surface area contributed by atoms with Gasteiger partial charge in [0.15, 0.2) is 0 Å². The van der Waals surface area contributed by atoms with Crippen LogP contribution in [0.3, 0.4) is 0 Å². The summed E-state index contributed by atoms with van der Waals surface area (Å²) in [7, 11) is 0. The zero-order valence-corrected chi connectivity index (χ0v) is 57.7. The molecule has 0 spiro atoms. The van der Waals surface area contributed by atoms with E-state index in [2.05, 4.69) is 318 Å². The summed E-state index contributed by atoms with van der Waals surface area (Å²) >= 11 is 0. The first-order chi connectivity index (χ1) is 28.9. The third kappa shape index (κ3) is 8.04. The van der Waals surface area contributed by atoms with Gasteiger partial charge in [-0.25, -0.2) is 0 Å². The lowest BCUT2D eigenvalue weighted by Crippen LogP contribution is -2.69. The molecule has 69 heavy (non-hydrogen) atoms. The van der Waals surface area contributed by atoms with Gasteiger partial charge in [-0.15, -0.1) is 0 Å². The van der Waals surface area contributed by atoms with Crippen LogP contribution in [0.2, 0.25) is 0 Å². The van der Waals surface area contributed by atoms with Crippen LogP contribution in [-0.2, 0) is 0 Å². The molecule has 0 aliphatic heterocycles. The molecule has 0 fully saturated rings. The van der Waals surface area contributed by atoms with Crippen LogP contribution in [0.15, 0.2) is 0 Å². The lowest BCUT2D eigenvalue weighted by atomic mass is 9.29. The Morgan fingerprint density at radius 2 is 0.174 bits per heavy atom. The van der Waals surface area contributed by atoms with Gasteiger partial charge in [-0.05, 0) is 126 Å². The number of hydrogen-bond acceptors (Lipinski definition) is 0. The monoisotopic (exact) mass is 969 g/mol. The lowest BCUT2D eigenvalue weighted by molar-refractivity contribution is -0.269. The maximum absolute atomic E-state index is 2.67. The molecule has 0 heteroatoms. The van der Waals surface area contributed by atoms with Crippen LogP contribution in [0.1, 0.15) is 318 Å². The Bertz CT molecular complexity index is 1640. The fourth-order valence-electron chi connectivity index (χ4n) is 16.3. The third-order valence-corrected chi connectivity index (χ3v) is 34.2. The van der Waals surface area contributed by atoms with Crippen molar-refractivity contribution in [3.05, 3.63) is 0 Å². The zero-order valence-electron chi connectivity index (χ0n) is 57.7. The van der Waals surface area contributed by atoms with E-state index < -0.39 is 0 Å². The fourth-order valence-corrected chi connectivity index (χ4v) is 16.3. The highest BCUT2D eigenvalue weighted by Crippen LogP contribution is 2.80. The molecule has 0 aromatic heterocycles. The standard InChI is InChI=1S/C69H140/c1-47(2)49(5,6)51(9,10)53(13,14)55(17,18)57(21,22)59(25,26)61(29,30)63(33,34)65(37,38)67(41,42)69(45,46)68(43,44)66(39,40)64(35,36)62(31,32)60(27,28)58(23,24)56(19,20)54(15,16)52(11,12)50(7,8)48(3)4/h47-48H,1-46H3. The van der Waals surface area contributed by atoms with Gasteiger partial charge in [0.2, 0.25) is 0 Å². The molecule has 0 rings (SSSR count). The quantitative estimate of drug-likeness (QED) is 0.101. The Balaban J connectivity index is 8.09. The molecule has 0 radical (unpaired) electrons. The van der Waals surface area contributed by atoms with Crippen molar-refractivity contribution in [1.82, 2.24) is 0 Å². The van der Waals surface area contributed by atoms with Crippen molar-refractivity contribution in [2.75, 3.05) is 0 Å². The van der Waals surface area contributed by atoms with Crippen LogP contribution < -0.4 is 0 Å². The van der Waals surface area contributed by atoms with Gasteiger partial charge in [0, 0.05) is 0 Å². The van der Waals surface area contributed by atoms with Gasteiger partial charge in [0.05, 0.1) is 0 Å². The maximum atomic E-state index is 2.67. The van der Waals surface area contributed by atoms with Gasteiger partial charge < -0.3 is 0 Å². The van der Waals surface area contributed by atoms with Crippen molar-refractivity contribution in [2.24, 2.45) is 126 Å². The van der Waals surface area contributed by atoms with Gasteiger partial charge in [0.1, 0.15) is 0 Å². The predicted octanol–water partition coefficient (Wildman–Crippen LogP) is 23.8. The molecule has 0 aliphatic carbocycles. The molecule has 0 amide bonds. The fraction of sp³-hybridized carbons (Fsp3) is 1.00. The van der Waals surface area contributed by atoms with E-state index in [0.29, 0.717) is 11.8 Å². The topological polar surface area (TPSA) is 0 Å². The van der Waals surface area contributed by atoms with Gasteiger partial charge in [-0.2, -0.15) is 0 Å². The molecule has 0 heterocycles. The average Bonchev–Trinajstić information content (AvgIpc) is 3.12. The van der Waals surface area contributed by atoms with Crippen LogP contribution in [0, 0.1) is 126 Å². The molecule has 0 aromatic rings. The number of rotatable bonds is 22. The Kier molecular flexibility index (Phi) is 17.5. The average molecular weight is 970 g/mol. The molecule has 0 aromatic carbocycles. The molecule has 0 aliphatic rings. The first-order valence-corrected chi connectivity index (χ1v) is 28.9. The van der Waals surface area contributed by atoms with Crippen molar-refractivity contribution in [2.45, 2.75) is 318 Å². The summed E-state index contributed by atoms with van der Waals surface area (Å²) in [6.45, 7) is 120. The highest BCUT2D eigenvalue weighted by atomic mass is 14.8. The minimum atomic E-state index is -0.0888. The van der Waals surface area contributed by atoms with Crippen LogP contribution >= 0.6 is 0 Å². The van der Waals surface area contributed by atoms with E-state index in [1.165, 1.54) is 0 Å². The molecule has 0 N–H and O–H groups in total. The number of hydrogen-bond donors (Lipinski definition) is 0. The van der Waals surface area contributed by atoms with E-state index in [1.54, 1.807) is 0 Å². The zero-order chi connectivity index (χ0) is 57.7. The Labute approximate surface area is 442 Å². The molecular weight excluding hydrogens is 829 g/mol. The normalized spacial score (nSPS) is 17.4. The summed E-state index contributed by atoms with van der Waals surface area (Å²) in [4.78, 5) is 0. The van der Waals surface area contributed by atoms with E-state index in [1.807, 2.05) is 0 Å². The summed E-state index contributed by atoms with van der Waals surface area (Å²) in [5.74, 6) is 1.16. The highest BCUT2D eigenvalue weighted by molar-refractivity contribution is 5.21. The molecular formula is C69H140. The summed E-state index contributed by atoms with van der Waals surface area (Å²) in [6.07, 6.45) is 0. The van der Waals surface area contributed by atoms with E-state index in [0.717, 1.165) is 0 Å². The van der Waals surface area contributed by atoms with Crippen molar-refractivity contribution in [3.8, 4) is 0 Å². The second kappa shape index (κ2) is 17.5. The van der Waals surface area contributed by atoms with Gasteiger partial charge >= 0.3 is 0 Å². The van der Waals surface area contributed by atoms with E-state index in [-0.39, 0.29) is 114 Å². The third-order valence-electron chi connectivity index (χ3n) is 34.2. The van der Waals surface area contributed by atoms with Crippen LogP contribution in [0.4, 0.5) is 0 Å². The summed E-state index contributed by atoms with van der Waals surface area (Å²) in [6, 6.07) is 0. The van der Waals surface area contributed by atoms with Crippen LogP contribution in [0.5, 0.6) is 0 Å². The minimum Gasteiger partial charge on any atom is -0.0622 e. The highest BCUT2D eigenvalue weighted by Gasteiger charge is 2.73. The van der Waals surface area contributed by atoms with Gasteiger partial charge in [-0.3, -0.25) is 0 Å². The van der Waals surface area contributed by atoms with E-state index >= 15 is 0 Å². The van der Waals surface area contributed by atoms with Gasteiger partial charge in [-0.1, -0.05) is 318 Å². The molecule has 416 valence electrons. The molecule has 0 unspecified atom stereocenters. The maximum Gasteiger partial charge on any atom is -0.0241 e. The molecule has 0 bridgehead atoms. The first kappa shape index (κ1) is 69.0. The van der Waals surface area contributed by atoms with Crippen molar-refractivity contribution in [1.29, 1.82) is 0 Å². The molecule has 0 atom stereocenters. The summed E-state index contributed by atoms with van der Waals surface area (Å²) < 4.78 is 0. The van der Waals surface area contributed by atoms with E-state index in [4.69, 9.17) is 0 Å². The molecule has 0 saturated heterocycles. The smallest absolute Gasteiger partial charge is 0.0241 e. The lowest BCUT2D eigenvalue weighted by Gasteiger charge is -2.75. The summed E-state index contributed by atoms with van der Waals surface area (Å²) in [5.41, 5.74) is -0.394. The van der Waals surface area contributed by atoms with Crippen LogP contribution in [-0.4, -0.2) is 0 Å².